The first-order valence-corrected chi connectivity index (χ1v) is 10.4. The largest absolute Gasteiger partial charge is 0.374 e. The molecular formula is C24H28N4O. The van der Waals surface area contributed by atoms with Crippen LogP contribution in [0.1, 0.15) is 43.9 Å². The van der Waals surface area contributed by atoms with Crippen LogP contribution in [-0.4, -0.2) is 29.4 Å². The molecule has 0 aliphatic carbocycles. The highest BCUT2D eigenvalue weighted by Crippen LogP contribution is 2.30. The molecule has 0 bridgehead atoms. The van der Waals surface area contributed by atoms with E-state index >= 15 is 0 Å². The third kappa shape index (κ3) is 3.86. The second kappa shape index (κ2) is 7.88. The van der Waals surface area contributed by atoms with Crippen molar-refractivity contribution < 1.29 is 4.79 Å². The first-order valence-electron chi connectivity index (χ1n) is 10.4. The summed E-state index contributed by atoms with van der Waals surface area (Å²) in [4.78, 5) is 17.2. The van der Waals surface area contributed by atoms with E-state index in [-0.39, 0.29) is 11.9 Å². The lowest BCUT2D eigenvalue weighted by Gasteiger charge is -2.26. The highest BCUT2D eigenvalue weighted by Gasteiger charge is 2.33. The molecule has 0 spiro atoms. The third-order valence-corrected chi connectivity index (χ3v) is 6.35. The number of benzene rings is 2. The summed E-state index contributed by atoms with van der Waals surface area (Å²) in [5.41, 5.74) is 5.22. The van der Waals surface area contributed by atoms with Crippen LogP contribution in [-0.2, 0) is 17.9 Å². The van der Waals surface area contributed by atoms with Crippen molar-refractivity contribution in [3.63, 3.8) is 0 Å². The van der Waals surface area contributed by atoms with E-state index in [9.17, 15) is 4.79 Å². The molecule has 2 aromatic rings. The minimum Gasteiger partial charge on any atom is -0.374 e. The van der Waals surface area contributed by atoms with Crippen LogP contribution in [0.3, 0.4) is 0 Å². The van der Waals surface area contributed by atoms with Gasteiger partial charge in [0.2, 0.25) is 5.91 Å². The predicted octanol–water partition coefficient (Wildman–Crippen LogP) is 4.14. The van der Waals surface area contributed by atoms with Crippen LogP contribution in [0.5, 0.6) is 0 Å². The molecule has 2 atom stereocenters. The zero-order valence-electron chi connectivity index (χ0n) is 17.4. The van der Waals surface area contributed by atoms with Crippen molar-refractivity contribution in [1.29, 1.82) is 5.26 Å². The van der Waals surface area contributed by atoms with Gasteiger partial charge in [-0.3, -0.25) is 9.69 Å². The van der Waals surface area contributed by atoms with Crippen LogP contribution >= 0.6 is 0 Å². The maximum Gasteiger partial charge on any atom is 0.249 e. The number of rotatable bonds is 5. The molecule has 2 aromatic carbocycles. The number of fused-ring (bicyclic) bond motifs is 1. The Balaban J connectivity index is 1.43. The van der Waals surface area contributed by atoms with Gasteiger partial charge in [0, 0.05) is 37.1 Å². The summed E-state index contributed by atoms with van der Waals surface area (Å²) in [7, 11) is 0. The van der Waals surface area contributed by atoms with Crippen molar-refractivity contribution in [3.8, 4) is 6.07 Å². The highest BCUT2D eigenvalue weighted by molar-refractivity contribution is 6.01. The Kier molecular flexibility index (Phi) is 5.29. The Morgan fingerprint density at radius 2 is 1.79 bits per heavy atom. The molecule has 29 heavy (non-hydrogen) atoms. The molecule has 0 radical (unpaired) electrons. The standard InChI is InChI=1S/C24H28N4O/c1-16(2)17(3)27-14-19-6-7-21(12-20(19)15-27)26-23-10-11-28(24(23)29)22-8-4-18(13-25)5-9-22/h4-9,12,16-17,23,26H,10-11,14-15H2,1-3H3/t17-,23-/m0/s1. The maximum atomic E-state index is 12.9. The molecule has 1 saturated heterocycles. The van der Waals surface area contributed by atoms with Crippen LogP contribution in [0.4, 0.5) is 11.4 Å². The zero-order valence-corrected chi connectivity index (χ0v) is 17.4. The van der Waals surface area contributed by atoms with Crippen molar-refractivity contribution in [2.24, 2.45) is 5.92 Å². The van der Waals surface area contributed by atoms with Crippen molar-refractivity contribution >= 4 is 17.3 Å². The van der Waals surface area contributed by atoms with E-state index in [4.69, 9.17) is 5.26 Å². The summed E-state index contributed by atoms with van der Waals surface area (Å²) < 4.78 is 0. The molecule has 1 N–H and O–H groups in total. The summed E-state index contributed by atoms with van der Waals surface area (Å²) >= 11 is 0. The third-order valence-electron chi connectivity index (χ3n) is 6.35. The lowest BCUT2D eigenvalue weighted by atomic mass is 10.1. The van der Waals surface area contributed by atoms with E-state index in [1.165, 1.54) is 11.1 Å². The lowest BCUT2D eigenvalue weighted by Crippen LogP contribution is -2.33. The summed E-state index contributed by atoms with van der Waals surface area (Å²) in [6.45, 7) is 9.50. The Hall–Kier alpha value is -2.84. The van der Waals surface area contributed by atoms with Crippen LogP contribution in [0.2, 0.25) is 0 Å². The molecule has 150 valence electrons. The highest BCUT2D eigenvalue weighted by atomic mass is 16.2. The molecule has 5 heteroatoms. The number of nitrogens with zero attached hydrogens (tertiary/aromatic N) is 3. The molecule has 5 nitrogen and oxygen atoms in total. The fraction of sp³-hybridized carbons (Fsp3) is 0.417. The van der Waals surface area contributed by atoms with Crippen LogP contribution in [0.15, 0.2) is 42.5 Å². The number of carbonyl (C=O) groups is 1. The van der Waals surface area contributed by atoms with Gasteiger partial charge in [0.25, 0.3) is 0 Å². The van der Waals surface area contributed by atoms with E-state index in [0.717, 1.165) is 30.9 Å². The van der Waals surface area contributed by atoms with Gasteiger partial charge >= 0.3 is 0 Å². The van der Waals surface area contributed by atoms with Gasteiger partial charge in [-0.15, -0.1) is 0 Å². The number of nitrogens with one attached hydrogen (secondary N) is 1. The Morgan fingerprint density at radius 1 is 1.07 bits per heavy atom. The Labute approximate surface area is 172 Å². The van der Waals surface area contributed by atoms with Crippen LogP contribution in [0.25, 0.3) is 0 Å². The quantitative estimate of drug-likeness (QED) is 0.836. The average Bonchev–Trinajstić information content (AvgIpc) is 3.31. The molecule has 0 unspecified atom stereocenters. The van der Waals surface area contributed by atoms with E-state index in [0.29, 0.717) is 24.1 Å². The maximum absolute atomic E-state index is 12.9. The van der Waals surface area contributed by atoms with Gasteiger partial charge in [0.15, 0.2) is 0 Å². The van der Waals surface area contributed by atoms with Crippen LogP contribution in [0, 0.1) is 17.2 Å². The minimum atomic E-state index is -0.212. The summed E-state index contributed by atoms with van der Waals surface area (Å²) in [6.07, 6.45) is 0.770. The molecule has 0 saturated carbocycles. The van der Waals surface area contributed by atoms with Gasteiger partial charge in [-0.2, -0.15) is 5.26 Å². The molecule has 2 aliphatic rings. The van der Waals surface area contributed by atoms with Gasteiger partial charge in [0.05, 0.1) is 11.6 Å². The molecule has 1 amide bonds. The van der Waals surface area contributed by atoms with Gasteiger partial charge in [-0.25, -0.2) is 0 Å². The topological polar surface area (TPSA) is 59.4 Å². The second-order valence-electron chi connectivity index (χ2n) is 8.51. The minimum absolute atomic E-state index is 0.0882. The van der Waals surface area contributed by atoms with E-state index < -0.39 is 0 Å². The Morgan fingerprint density at radius 3 is 2.48 bits per heavy atom. The molecule has 1 fully saturated rings. The van der Waals surface area contributed by atoms with Crippen LogP contribution < -0.4 is 10.2 Å². The fourth-order valence-corrected chi connectivity index (χ4v) is 4.21. The fourth-order valence-electron chi connectivity index (χ4n) is 4.21. The van der Waals surface area contributed by atoms with Crippen molar-refractivity contribution in [1.82, 2.24) is 4.90 Å². The van der Waals surface area contributed by atoms with Crippen molar-refractivity contribution in [2.75, 3.05) is 16.8 Å². The van der Waals surface area contributed by atoms with Crippen molar-refractivity contribution in [3.05, 3.63) is 59.2 Å². The van der Waals surface area contributed by atoms with Gasteiger partial charge < -0.3 is 10.2 Å². The van der Waals surface area contributed by atoms with Gasteiger partial charge in [0.1, 0.15) is 6.04 Å². The number of hydrogen-bond donors (Lipinski definition) is 1. The Bertz CT molecular complexity index is 944. The van der Waals surface area contributed by atoms with Crippen molar-refractivity contribution in [2.45, 2.75) is 52.4 Å². The first-order chi connectivity index (χ1) is 14.0. The molecule has 2 aliphatic heterocycles. The van der Waals surface area contributed by atoms with E-state index in [1.807, 2.05) is 12.1 Å². The zero-order chi connectivity index (χ0) is 20.5. The molecular weight excluding hydrogens is 360 g/mol. The number of amides is 1. The smallest absolute Gasteiger partial charge is 0.249 e. The number of nitriles is 1. The second-order valence-corrected chi connectivity index (χ2v) is 8.51. The monoisotopic (exact) mass is 388 g/mol. The van der Waals surface area contributed by atoms with Gasteiger partial charge in [-0.05, 0) is 66.8 Å². The average molecular weight is 389 g/mol. The summed E-state index contributed by atoms with van der Waals surface area (Å²) in [6, 6.07) is 16.2. The summed E-state index contributed by atoms with van der Waals surface area (Å²) in [5, 5.41) is 12.4. The number of anilines is 2. The number of hydrogen-bond acceptors (Lipinski definition) is 4. The first kappa shape index (κ1) is 19.5. The summed E-state index contributed by atoms with van der Waals surface area (Å²) in [5.74, 6) is 0.719. The normalized spacial score (nSPS) is 20.0. The van der Waals surface area contributed by atoms with E-state index in [1.54, 1.807) is 17.0 Å². The van der Waals surface area contributed by atoms with E-state index in [2.05, 4.69) is 55.3 Å². The number of carbonyl (C=O) groups excluding carboxylic acids is 1. The van der Waals surface area contributed by atoms with Gasteiger partial charge in [-0.1, -0.05) is 19.9 Å². The predicted molar refractivity (Wildman–Crippen MR) is 116 cm³/mol. The molecule has 4 rings (SSSR count). The molecule has 0 aromatic heterocycles. The SMILES string of the molecule is CC(C)[C@H](C)N1Cc2ccc(N[C@H]3CCN(c4ccc(C#N)cc4)C3=O)cc2C1. The molecule has 2 heterocycles. The lowest BCUT2D eigenvalue weighted by molar-refractivity contribution is -0.117.